The quantitative estimate of drug-likeness (QED) is 0.460. The second kappa shape index (κ2) is 6.94. The normalized spacial score (nSPS) is 27.3. The van der Waals surface area contributed by atoms with Crippen LogP contribution in [0.4, 0.5) is 8.78 Å². The predicted octanol–water partition coefficient (Wildman–Crippen LogP) is 5.08. The minimum absolute atomic E-state index is 0.0251. The van der Waals surface area contributed by atoms with Gasteiger partial charge < -0.3 is 0 Å². The molecule has 1 unspecified atom stereocenters. The average Bonchev–Trinajstić information content (AvgIpc) is 3.39. The van der Waals surface area contributed by atoms with E-state index >= 15 is 0 Å². The molecule has 3 fully saturated rings. The topological polar surface area (TPSA) is 74.3 Å². The number of fused-ring (bicyclic) bond motifs is 1. The fourth-order valence-corrected chi connectivity index (χ4v) is 6.12. The van der Waals surface area contributed by atoms with Crippen LogP contribution in [0.5, 0.6) is 0 Å². The van der Waals surface area contributed by atoms with Gasteiger partial charge in [-0.2, -0.15) is 15.5 Å². The van der Waals surface area contributed by atoms with Crippen LogP contribution in [-0.2, 0) is 11.3 Å². The number of hydrogen-bond donors (Lipinski definition) is 0. The van der Waals surface area contributed by atoms with Crippen LogP contribution in [0, 0.1) is 33.8 Å². The van der Waals surface area contributed by atoms with E-state index in [1.54, 1.807) is 18.5 Å². The van der Waals surface area contributed by atoms with Crippen LogP contribution in [0.2, 0.25) is 0 Å². The van der Waals surface area contributed by atoms with E-state index in [-0.39, 0.29) is 15.8 Å². The van der Waals surface area contributed by atoms with Crippen molar-refractivity contribution in [1.29, 1.82) is 5.26 Å². The third-order valence-corrected chi connectivity index (χ3v) is 8.04. The van der Waals surface area contributed by atoms with E-state index in [9.17, 15) is 13.6 Å². The van der Waals surface area contributed by atoms with Crippen molar-refractivity contribution in [2.75, 3.05) is 0 Å². The van der Waals surface area contributed by atoms with Gasteiger partial charge in [-0.3, -0.25) is 9.48 Å². The zero-order valence-corrected chi connectivity index (χ0v) is 19.0. The summed E-state index contributed by atoms with van der Waals surface area (Å²) in [6.07, 6.45) is 6.07. The van der Waals surface area contributed by atoms with Crippen LogP contribution in [0.1, 0.15) is 42.9 Å². The molecule has 2 heterocycles. The SMILES string of the molecule is N#Cc1ccc2c(cnn2CC23CC(C(=O)N4N=CCC4c4cc(F)c(Br)c(F)c4)(C2)C3)c1. The summed E-state index contributed by atoms with van der Waals surface area (Å²) in [4.78, 5) is 13.4. The van der Waals surface area contributed by atoms with Crippen molar-refractivity contribution in [1.82, 2.24) is 14.8 Å². The highest BCUT2D eigenvalue weighted by atomic mass is 79.9. The van der Waals surface area contributed by atoms with Crippen molar-refractivity contribution in [3.05, 3.63) is 63.8 Å². The first-order valence-corrected chi connectivity index (χ1v) is 11.5. The molecule has 2 aromatic carbocycles. The van der Waals surface area contributed by atoms with Crippen LogP contribution in [0.15, 0.2) is 46.1 Å². The molecule has 1 amide bonds. The lowest BCUT2D eigenvalue weighted by Gasteiger charge is -2.69. The summed E-state index contributed by atoms with van der Waals surface area (Å²) in [6.45, 7) is 0.716. The summed E-state index contributed by atoms with van der Waals surface area (Å²) in [5.41, 5.74) is 1.55. The molecule has 166 valence electrons. The lowest BCUT2D eigenvalue weighted by molar-refractivity contribution is -0.223. The summed E-state index contributed by atoms with van der Waals surface area (Å²) in [6, 6.07) is 9.68. The number of halogens is 3. The number of rotatable bonds is 4. The minimum atomic E-state index is -0.692. The van der Waals surface area contributed by atoms with Crippen molar-refractivity contribution < 1.29 is 13.6 Å². The Balaban J connectivity index is 1.18. The summed E-state index contributed by atoms with van der Waals surface area (Å²) >= 11 is 2.89. The number of carbonyl (C=O) groups is 1. The molecule has 2 bridgehead atoms. The highest BCUT2D eigenvalue weighted by Crippen LogP contribution is 2.74. The number of nitriles is 1. The van der Waals surface area contributed by atoms with E-state index in [0.717, 1.165) is 30.2 Å². The maximum absolute atomic E-state index is 14.1. The molecule has 1 aliphatic heterocycles. The molecule has 4 aliphatic rings. The second-order valence-corrected chi connectivity index (χ2v) is 10.3. The third-order valence-electron chi connectivity index (χ3n) is 7.28. The van der Waals surface area contributed by atoms with E-state index in [0.29, 0.717) is 24.1 Å². The number of nitrogens with zero attached hydrogens (tertiary/aromatic N) is 5. The van der Waals surface area contributed by atoms with E-state index in [1.807, 2.05) is 16.8 Å². The number of benzene rings is 2. The Labute approximate surface area is 196 Å². The van der Waals surface area contributed by atoms with Crippen molar-refractivity contribution in [2.24, 2.45) is 15.9 Å². The number of amides is 1. The van der Waals surface area contributed by atoms with E-state index in [2.05, 4.69) is 32.2 Å². The monoisotopic (exact) mass is 509 g/mol. The molecule has 9 heteroatoms. The molecular formula is C24H18BrF2N5O. The number of carbonyl (C=O) groups excluding carboxylic acids is 1. The van der Waals surface area contributed by atoms with E-state index in [4.69, 9.17) is 5.26 Å². The molecule has 0 radical (unpaired) electrons. The molecule has 3 aliphatic carbocycles. The van der Waals surface area contributed by atoms with Gasteiger partial charge in [0.1, 0.15) is 11.6 Å². The molecule has 3 aromatic rings. The van der Waals surface area contributed by atoms with Crippen LogP contribution in [-0.4, -0.2) is 26.9 Å². The molecule has 6 nitrogen and oxygen atoms in total. The lowest BCUT2D eigenvalue weighted by atomic mass is 9.34. The molecule has 0 saturated heterocycles. The fraction of sp³-hybridized carbons (Fsp3) is 0.333. The Morgan fingerprint density at radius 3 is 2.64 bits per heavy atom. The van der Waals surface area contributed by atoms with Gasteiger partial charge in [-0.05, 0) is 76.5 Å². The average molecular weight is 510 g/mol. The smallest absolute Gasteiger partial charge is 0.249 e. The minimum Gasteiger partial charge on any atom is -0.272 e. The predicted molar refractivity (Wildman–Crippen MR) is 120 cm³/mol. The van der Waals surface area contributed by atoms with Gasteiger partial charge in [0.25, 0.3) is 0 Å². The van der Waals surface area contributed by atoms with Gasteiger partial charge in [0.15, 0.2) is 0 Å². The first-order valence-electron chi connectivity index (χ1n) is 10.7. The third kappa shape index (κ3) is 2.97. The van der Waals surface area contributed by atoms with Crippen molar-refractivity contribution in [3.63, 3.8) is 0 Å². The molecule has 0 N–H and O–H groups in total. The summed E-state index contributed by atoms with van der Waals surface area (Å²) in [7, 11) is 0. The van der Waals surface area contributed by atoms with Crippen molar-refractivity contribution in [3.8, 4) is 6.07 Å². The largest absolute Gasteiger partial charge is 0.272 e. The zero-order valence-electron chi connectivity index (χ0n) is 17.4. The Morgan fingerprint density at radius 2 is 1.94 bits per heavy atom. The van der Waals surface area contributed by atoms with E-state index in [1.165, 1.54) is 17.1 Å². The highest BCUT2D eigenvalue weighted by molar-refractivity contribution is 9.10. The summed E-state index contributed by atoms with van der Waals surface area (Å²) in [5.74, 6) is -1.46. The van der Waals surface area contributed by atoms with Crippen molar-refractivity contribution >= 4 is 39.0 Å². The molecule has 7 rings (SSSR count). The van der Waals surface area contributed by atoms with Gasteiger partial charge in [-0.15, -0.1) is 0 Å². The molecule has 3 saturated carbocycles. The zero-order chi connectivity index (χ0) is 23.0. The fourth-order valence-electron chi connectivity index (χ4n) is 5.89. The Hall–Kier alpha value is -3.12. The van der Waals surface area contributed by atoms with Gasteiger partial charge in [-0.1, -0.05) is 0 Å². The summed E-state index contributed by atoms with van der Waals surface area (Å²) < 4.78 is 29.9. The number of aromatic nitrogens is 2. The van der Waals surface area contributed by atoms with Crippen LogP contribution >= 0.6 is 15.9 Å². The Morgan fingerprint density at radius 1 is 1.21 bits per heavy atom. The maximum atomic E-state index is 14.1. The number of hydrazone groups is 1. The standard InChI is InChI=1S/C24H18BrF2N5O/c25-21-17(26)6-15(7-18(21)27)20-3-4-29-32(20)22(33)24-10-23(11-24,12-24)13-31-19-2-1-14(8-28)5-16(19)9-30-31/h1-2,4-7,9,20H,3,10-13H2. The second-order valence-electron chi connectivity index (χ2n) is 9.50. The molecule has 0 spiro atoms. The lowest BCUT2D eigenvalue weighted by Crippen LogP contribution is -2.68. The molecular weight excluding hydrogens is 492 g/mol. The van der Waals surface area contributed by atoms with Crippen molar-refractivity contribution in [2.45, 2.75) is 38.3 Å². The van der Waals surface area contributed by atoms with Gasteiger partial charge in [0, 0.05) is 24.6 Å². The molecule has 1 aromatic heterocycles. The van der Waals surface area contributed by atoms with Gasteiger partial charge in [0.05, 0.1) is 39.3 Å². The molecule has 33 heavy (non-hydrogen) atoms. The Kier molecular flexibility index (Phi) is 4.31. The van der Waals surface area contributed by atoms with Gasteiger partial charge in [0.2, 0.25) is 5.91 Å². The van der Waals surface area contributed by atoms with Crippen LogP contribution in [0.3, 0.4) is 0 Å². The van der Waals surface area contributed by atoms with E-state index < -0.39 is 23.1 Å². The molecule has 1 atom stereocenters. The first-order chi connectivity index (χ1) is 15.8. The van der Waals surface area contributed by atoms with Crippen LogP contribution < -0.4 is 0 Å². The number of hydrogen-bond acceptors (Lipinski definition) is 4. The first kappa shape index (κ1) is 20.5. The van der Waals surface area contributed by atoms with Gasteiger partial charge >= 0.3 is 0 Å². The maximum Gasteiger partial charge on any atom is 0.249 e. The Bertz CT molecular complexity index is 1360. The van der Waals surface area contributed by atoms with Crippen LogP contribution in [0.25, 0.3) is 10.9 Å². The highest BCUT2D eigenvalue weighted by Gasteiger charge is 2.72. The summed E-state index contributed by atoms with van der Waals surface area (Å²) in [5, 5.41) is 20.2. The van der Waals surface area contributed by atoms with Gasteiger partial charge in [-0.25, -0.2) is 13.8 Å².